The zero-order valence-electron chi connectivity index (χ0n) is 12.9. The molecule has 5 heteroatoms. The van der Waals surface area contributed by atoms with E-state index in [0.29, 0.717) is 13.2 Å². The van der Waals surface area contributed by atoms with Crippen molar-refractivity contribution in [2.24, 2.45) is 0 Å². The van der Waals surface area contributed by atoms with E-state index in [1.807, 2.05) is 31.2 Å². The number of nitrogens with one attached hydrogen (secondary N) is 2. The lowest BCUT2D eigenvalue weighted by Crippen LogP contribution is -2.28. The van der Waals surface area contributed by atoms with Crippen LogP contribution in [0.15, 0.2) is 29.1 Å². The molecule has 1 aromatic carbocycles. The van der Waals surface area contributed by atoms with E-state index in [1.54, 1.807) is 0 Å². The molecule has 0 radical (unpaired) electrons. The molecule has 118 valence electrons. The maximum atomic E-state index is 12.1. The minimum Gasteiger partial charge on any atom is -0.494 e. The van der Waals surface area contributed by atoms with Gasteiger partial charge in [0, 0.05) is 36.2 Å². The van der Waals surface area contributed by atoms with Crippen LogP contribution < -0.4 is 15.6 Å². The third-order valence-corrected chi connectivity index (χ3v) is 3.92. The van der Waals surface area contributed by atoms with Gasteiger partial charge in [0.15, 0.2) is 0 Å². The summed E-state index contributed by atoms with van der Waals surface area (Å²) in [7, 11) is 0. The van der Waals surface area contributed by atoms with Crippen molar-refractivity contribution in [2.75, 3.05) is 19.8 Å². The summed E-state index contributed by atoms with van der Waals surface area (Å²) in [6.45, 7) is 4.77. The van der Waals surface area contributed by atoms with Gasteiger partial charge in [-0.1, -0.05) is 0 Å². The number of aromatic nitrogens is 1. The summed E-state index contributed by atoms with van der Waals surface area (Å²) in [5.41, 5.74) is 1.52. The Balaban J connectivity index is 1.73. The Morgan fingerprint density at radius 1 is 1.41 bits per heavy atom. The normalized spacial score (nSPS) is 18.0. The van der Waals surface area contributed by atoms with E-state index >= 15 is 0 Å². The SMILES string of the molecule is CCOc1ccc2[nH]c(=O)c(CNC[C@@H]3CCCO3)cc2c1. The fourth-order valence-electron chi connectivity index (χ4n) is 2.79. The third kappa shape index (κ3) is 3.48. The highest BCUT2D eigenvalue weighted by Gasteiger charge is 2.14. The lowest BCUT2D eigenvalue weighted by atomic mass is 10.1. The van der Waals surface area contributed by atoms with Gasteiger partial charge in [0.2, 0.25) is 0 Å². The molecule has 3 rings (SSSR count). The zero-order valence-corrected chi connectivity index (χ0v) is 12.9. The van der Waals surface area contributed by atoms with Crippen molar-refractivity contribution in [3.8, 4) is 5.75 Å². The first-order valence-corrected chi connectivity index (χ1v) is 7.87. The summed E-state index contributed by atoms with van der Waals surface area (Å²) in [6, 6.07) is 7.64. The van der Waals surface area contributed by atoms with E-state index in [1.165, 1.54) is 0 Å². The molecule has 22 heavy (non-hydrogen) atoms. The second kappa shape index (κ2) is 6.94. The molecule has 1 saturated heterocycles. The van der Waals surface area contributed by atoms with Gasteiger partial charge in [0.05, 0.1) is 12.7 Å². The smallest absolute Gasteiger partial charge is 0.252 e. The minimum absolute atomic E-state index is 0.0449. The van der Waals surface area contributed by atoms with Gasteiger partial charge in [-0.3, -0.25) is 4.79 Å². The van der Waals surface area contributed by atoms with E-state index in [-0.39, 0.29) is 11.7 Å². The highest BCUT2D eigenvalue weighted by atomic mass is 16.5. The number of hydrogen-bond acceptors (Lipinski definition) is 4. The van der Waals surface area contributed by atoms with Gasteiger partial charge in [0.25, 0.3) is 5.56 Å². The summed E-state index contributed by atoms with van der Waals surface area (Å²) >= 11 is 0. The van der Waals surface area contributed by atoms with E-state index in [9.17, 15) is 4.79 Å². The molecule has 2 aromatic rings. The van der Waals surface area contributed by atoms with Crippen LogP contribution in [0, 0.1) is 0 Å². The number of pyridine rings is 1. The number of rotatable bonds is 6. The Hall–Kier alpha value is -1.85. The molecule has 2 heterocycles. The van der Waals surface area contributed by atoms with Crippen LogP contribution in [-0.4, -0.2) is 30.8 Å². The fraction of sp³-hybridized carbons (Fsp3) is 0.471. The second-order valence-corrected chi connectivity index (χ2v) is 5.57. The molecular weight excluding hydrogens is 280 g/mol. The summed E-state index contributed by atoms with van der Waals surface area (Å²) in [5, 5.41) is 4.30. The van der Waals surface area contributed by atoms with Crippen LogP contribution in [0.4, 0.5) is 0 Å². The highest BCUT2D eigenvalue weighted by molar-refractivity contribution is 5.80. The number of ether oxygens (including phenoxy) is 2. The first-order chi connectivity index (χ1) is 10.8. The van der Waals surface area contributed by atoms with Gasteiger partial charge >= 0.3 is 0 Å². The van der Waals surface area contributed by atoms with Gasteiger partial charge < -0.3 is 19.8 Å². The topological polar surface area (TPSA) is 63.4 Å². The molecule has 2 N–H and O–H groups in total. The van der Waals surface area contributed by atoms with Crippen molar-refractivity contribution >= 4 is 10.9 Å². The quantitative estimate of drug-likeness (QED) is 0.858. The monoisotopic (exact) mass is 302 g/mol. The molecule has 0 aliphatic carbocycles. The average Bonchev–Trinajstić information content (AvgIpc) is 3.02. The number of H-pyrrole nitrogens is 1. The molecule has 1 aliphatic heterocycles. The Bertz CT molecular complexity index is 690. The number of aromatic amines is 1. The molecule has 1 aromatic heterocycles. The highest BCUT2D eigenvalue weighted by Crippen LogP contribution is 2.19. The van der Waals surface area contributed by atoms with Crippen LogP contribution >= 0.6 is 0 Å². The third-order valence-electron chi connectivity index (χ3n) is 3.92. The van der Waals surface area contributed by atoms with Crippen molar-refractivity contribution in [1.29, 1.82) is 0 Å². The Morgan fingerprint density at radius 3 is 3.09 bits per heavy atom. The van der Waals surface area contributed by atoms with Gasteiger partial charge in [-0.2, -0.15) is 0 Å². The lowest BCUT2D eigenvalue weighted by molar-refractivity contribution is 0.110. The molecule has 1 atom stereocenters. The fourth-order valence-corrected chi connectivity index (χ4v) is 2.79. The van der Waals surface area contributed by atoms with Crippen molar-refractivity contribution < 1.29 is 9.47 Å². The largest absolute Gasteiger partial charge is 0.494 e. The van der Waals surface area contributed by atoms with Crippen molar-refractivity contribution in [3.63, 3.8) is 0 Å². The van der Waals surface area contributed by atoms with Gasteiger partial charge in [-0.05, 0) is 44.0 Å². The molecule has 0 spiro atoms. The summed E-state index contributed by atoms with van der Waals surface area (Å²) in [4.78, 5) is 15.0. The predicted molar refractivity (Wildman–Crippen MR) is 86.4 cm³/mol. The molecule has 0 saturated carbocycles. The summed E-state index contributed by atoms with van der Waals surface area (Å²) in [5.74, 6) is 0.820. The lowest BCUT2D eigenvalue weighted by Gasteiger charge is -2.11. The number of hydrogen-bond donors (Lipinski definition) is 2. The van der Waals surface area contributed by atoms with Crippen LogP contribution in [0.25, 0.3) is 10.9 Å². The first kappa shape index (κ1) is 15.1. The van der Waals surface area contributed by atoms with Crippen LogP contribution in [0.1, 0.15) is 25.3 Å². The van der Waals surface area contributed by atoms with Gasteiger partial charge in [-0.25, -0.2) is 0 Å². The Morgan fingerprint density at radius 2 is 2.32 bits per heavy atom. The molecule has 0 bridgehead atoms. The molecular formula is C17H22N2O3. The van der Waals surface area contributed by atoms with Crippen molar-refractivity contribution in [1.82, 2.24) is 10.3 Å². The number of benzene rings is 1. The van der Waals surface area contributed by atoms with Crippen molar-refractivity contribution in [3.05, 3.63) is 40.2 Å². The maximum absolute atomic E-state index is 12.1. The predicted octanol–water partition coefficient (Wildman–Crippen LogP) is 2.20. The maximum Gasteiger partial charge on any atom is 0.252 e. The average molecular weight is 302 g/mol. The first-order valence-electron chi connectivity index (χ1n) is 7.87. The van der Waals surface area contributed by atoms with Crippen LogP contribution in [-0.2, 0) is 11.3 Å². The zero-order chi connectivity index (χ0) is 15.4. The molecule has 1 fully saturated rings. The molecule has 5 nitrogen and oxygen atoms in total. The van der Waals surface area contributed by atoms with Crippen molar-refractivity contribution in [2.45, 2.75) is 32.4 Å². The Labute approximate surface area is 129 Å². The second-order valence-electron chi connectivity index (χ2n) is 5.57. The van der Waals surface area contributed by atoms with Crippen LogP contribution in [0.3, 0.4) is 0 Å². The summed E-state index contributed by atoms with van der Waals surface area (Å²) < 4.78 is 11.1. The van der Waals surface area contributed by atoms with E-state index in [4.69, 9.17) is 9.47 Å². The van der Waals surface area contributed by atoms with E-state index < -0.39 is 0 Å². The van der Waals surface area contributed by atoms with E-state index in [2.05, 4.69) is 10.3 Å². The standard InChI is InChI=1S/C17H22N2O3/c1-2-21-14-5-6-16-12(9-14)8-13(17(20)19-16)10-18-11-15-4-3-7-22-15/h5-6,8-9,15,18H,2-4,7,10-11H2,1H3,(H,19,20)/t15-/m0/s1. The Kier molecular flexibility index (Phi) is 4.75. The van der Waals surface area contributed by atoms with E-state index in [0.717, 1.165) is 48.2 Å². The summed E-state index contributed by atoms with van der Waals surface area (Å²) in [6.07, 6.45) is 2.51. The van der Waals surface area contributed by atoms with Crippen LogP contribution in [0.2, 0.25) is 0 Å². The van der Waals surface area contributed by atoms with Gasteiger partial charge in [-0.15, -0.1) is 0 Å². The van der Waals surface area contributed by atoms with Gasteiger partial charge in [0.1, 0.15) is 5.75 Å². The molecule has 0 amide bonds. The molecule has 0 unspecified atom stereocenters. The number of fused-ring (bicyclic) bond motifs is 1. The van der Waals surface area contributed by atoms with Crippen LogP contribution in [0.5, 0.6) is 5.75 Å². The minimum atomic E-state index is -0.0449. The molecule has 1 aliphatic rings.